The summed E-state index contributed by atoms with van der Waals surface area (Å²) in [5.74, 6) is 1.31. The highest BCUT2D eigenvalue weighted by Crippen LogP contribution is 2.31. The van der Waals surface area contributed by atoms with E-state index < -0.39 is 0 Å². The first-order valence-electron chi connectivity index (χ1n) is 9.91. The second-order valence-electron chi connectivity index (χ2n) is 7.04. The molecule has 0 saturated heterocycles. The van der Waals surface area contributed by atoms with Crippen molar-refractivity contribution in [2.24, 2.45) is 0 Å². The van der Waals surface area contributed by atoms with Crippen LogP contribution in [0.4, 0.5) is 0 Å². The van der Waals surface area contributed by atoms with Gasteiger partial charge in [-0.25, -0.2) is 0 Å². The predicted octanol–water partition coefficient (Wildman–Crippen LogP) is 4.13. The molecule has 0 spiro atoms. The highest BCUT2D eigenvalue weighted by atomic mass is 16.6. The zero-order valence-corrected chi connectivity index (χ0v) is 16.3. The molecule has 5 heteroatoms. The third-order valence-corrected chi connectivity index (χ3v) is 4.91. The average molecular weight is 388 g/mol. The van der Waals surface area contributed by atoms with E-state index in [1.165, 1.54) is 5.56 Å². The van der Waals surface area contributed by atoms with E-state index in [1.807, 2.05) is 47.4 Å². The number of aryl methyl sites for hydroxylation is 1. The molecule has 3 aromatic rings. The number of benzene rings is 2. The Balaban J connectivity index is 1.49. The van der Waals surface area contributed by atoms with E-state index in [4.69, 9.17) is 9.47 Å². The van der Waals surface area contributed by atoms with Gasteiger partial charge >= 0.3 is 0 Å². The van der Waals surface area contributed by atoms with Crippen molar-refractivity contribution in [3.05, 3.63) is 89.7 Å². The van der Waals surface area contributed by atoms with Crippen molar-refractivity contribution in [1.29, 1.82) is 0 Å². The molecule has 2 aromatic carbocycles. The van der Waals surface area contributed by atoms with Gasteiger partial charge in [-0.1, -0.05) is 36.4 Å². The fraction of sp³-hybridized carbons (Fsp3) is 0.250. The zero-order chi connectivity index (χ0) is 19.9. The van der Waals surface area contributed by atoms with Gasteiger partial charge in [0.2, 0.25) is 0 Å². The van der Waals surface area contributed by atoms with Crippen molar-refractivity contribution in [3.8, 4) is 11.5 Å². The summed E-state index contributed by atoms with van der Waals surface area (Å²) >= 11 is 0. The first kappa shape index (κ1) is 19.0. The summed E-state index contributed by atoms with van der Waals surface area (Å²) in [6.45, 7) is 2.22. The Kier molecular flexibility index (Phi) is 6.05. The number of fused-ring (bicyclic) bond motifs is 1. The Morgan fingerprint density at radius 2 is 1.72 bits per heavy atom. The van der Waals surface area contributed by atoms with E-state index in [9.17, 15) is 4.79 Å². The number of nitrogens with zero attached hydrogens (tertiary/aromatic N) is 2. The molecule has 29 heavy (non-hydrogen) atoms. The highest BCUT2D eigenvalue weighted by Gasteiger charge is 2.20. The van der Waals surface area contributed by atoms with Crippen LogP contribution >= 0.6 is 0 Å². The molecule has 0 bridgehead atoms. The maximum atomic E-state index is 13.3. The van der Waals surface area contributed by atoms with Gasteiger partial charge in [0.25, 0.3) is 5.91 Å². The molecule has 2 heterocycles. The van der Waals surface area contributed by atoms with Crippen LogP contribution < -0.4 is 9.47 Å². The highest BCUT2D eigenvalue weighted by molar-refractivity contribution is 5.95. The lowest BCUT2D eigenvalue weighted by Gasteiger charge is -2.24. The van der Waals surface area contributed by atoms with Crippen molar-refractivity contribution in [2.45, 2.75) is 19.4 Å². The summed E-state index contributed by atoms with van der Waals surface area (Å²) in [4.78, 5) is 19.3. The van der Waals surface area contributed by atoms with Crippen LogP contribution in [-0.4, -0.2) is 35.5 Å². The van der Waals surface area contributed by atoms with E-state index in [2.05, 4.69) is 17.1 Å². The molecule has 0 N–H and O–H groups in total. The molecule has 1 amide bonds. The maximum Gasteiger partial charge on any atom is 0.254 e. The fourth-order valence-electron chi connectivity index (χ4n) is 3.44. The van der Waals surface area contributed by atoms with Crippen molar-refractivity contribution in [3.63, 3.8) is 0 Å². The smallest absolute Gasteiger partial charge is 0.254 e. The minimum absolute atomic E-state index is 0.0149. The van der Waals surface area contributed by atoms with Gasteiger partial charge in [0.05, 0.1) is 0 Å². The van der Waals surface area contributed by atoms with Gasteiger partial charge in [-0.3, -0.25) is 9.78 Å². The standard InChI is InChI=1S/C24H24N2O3/c27-24(21-10-11-22-23(16-21)29-15-14-28-22)26(18-20-8-4-12-25-17-20)13-5-9-19-6-2-1-3-7-19/h1-4,6-8,10-12,16-17H,5,9,13-15,18H2. The lowest BCUT2D eigenvalue weighted by atomic mass is 10.1. The predicted molar refractivity (Wildman–Crippen MR) is 111 cm³/mol. The maximum absolute atomic E-state index is 13.3. The molecule has 1 aliphatic heterocycles. The lowest BCUT2D eigenvalue weighted by Crippen LogP contribution is -2.32. The van der Waals surface area contributed by atoms with Crippen molar-refractivity contribution in [1.82, 2.24) is 9.88 Å². The monoisotopic (exact) mass is 388 g/mol. The molecule has 148 valence electrons. The number of carbonyl (C=O) groups is 1. The van der Waals surface area contributed by atoms with Crippen LogP contribution in [0, 0.1) is 0 Å². The van der Waals surface area contributed by atoms with Crippen LogP contribution in [0.1, 0.15) is 27.9 Å². The quantitative estimate of drug-likeness (QED) is 0.611. The second kappa shape index (κ2) is 9.24. The molecule has 0 saturated carbocycles. The van der Waals surface area contributed by atoms with Crippen LogP contribution in [0.25, 0.3) is 0 Å². The van der Waals surface area contributed by atoms with E-state index in [1.54, 1.807) is 18.5 Å². The largest absolute Gasteiger partial charge is 0.486 e. The molecule has 1 aliphatic rings. The number of amides is 1. The van der Waals surface area contributed by atoms with Gasteiger partial charge in [0, 0.05) is 31.0 Å². The number of aromatic nitrogens is 1. The minimum atomic E-state index is -0.0149. The number of hydrogen-bond acceptors (Lipinski definition) is 4. The van der Waals surface area contributed by atoms with Crippen molar-refractivity contribution in [2.75, 3.05) is 19.8 Å². The number of carbonyl (C=O) groups excluding carboxylic acids is 1. The van der Waals surface area contributed by atoms with Gasteiger partial charge in [0.15, 0.2) is 11.5 Å². The molecular formula is C24H24N2O3. The molecule has 5 nitrogen and oxygen atoms in total. The first-order chi connectivity index (χ1) is 14.3. The first-order valence-corrected chi connectivity index (χ1v) is 9.91. The zero-order valence-electron chi connectivity index (χ0n) is 16.3. The van der Waals surface area contributed by atoms with Crippen LogP contribution in [0.15, 0.2) is 73.1 Å². The van der Waals surface area contributed by atoms with Gasteiger partial charge in [-0.15, -0.1) is 0 Å². The van der Waals surface area contributed by atoms with Crippen LogP contribution in [0.5, 0.6) is 11.5 Å². The third kappa shape index (κ3) is 4.93. The van der Waals surface area contributed by atoms with Gasteiger partial charge < -0.3 is 14.4 Å². The molecule has 0 atom stereocenters. The Labute approximate surface area is 170 Å². The van der Waals surface area contributed by atoms with E-state index in [0.29, 0.717) is 43.4 Å². The van der Waals surface area contributed by atoms with Gasteiger partial charge in [0.1, 0.15) is 13.2 Å². The third-order valence-electron chi connectivity index (χ3n) is 4.91. The number of rotatable bonds is 7. The molecule has 1 aromatic heterocycles. The summed E-state index contributed by atoms with van der Waals surface area (Å²) in [6.07, 6.45) is 5.37. The molecule has 0 aliphatic carbocycles. The summed E-state index contributed by atoms with van der Waals surface area (Å²) in [5.41, 5.74) is 2.90. The Hall–Kier alpha value is -3.34. The number of pyridine rings is 1. The van der Waals surface area contributed by atoms with Crippen LogP contribution in [-0.2, 0) is 13.0 Å². The Morgan fingerprint density at radius 1 is 0.931 bits per heavy atom. The number of ether oxygens (including phenoxy) is 2. The normalized spacial score (nSPS) is 12.4. The van der Waals surface area contributed by atoms with Crippen molar-refractivity contribution >= 4 is 5.91 Å². The average Bonchev–Trinajstić information content (AvgIpc) is 2.79. The molecular weight excluding hydrogens is 364 g/mol. The second-order valence-corrected chi connectivity index (χ2v) is 7.04. The lowest BCUT2D eigenvalue weighted by molar-refractivity contribution is 0.0740. The fourth-order valence-corrected chi connectivity index (χ4v) is 3.44. The molecule has 0 fully saturated rings. The molecule has 0 radical (unpaired) electrons. The van der Waals surface area contributed by atoms with Gasteiger partial charge in [-0.05, 0) is 48.2 Å². The summed E-state index contributed by atoms with van der Waals surface area (Å²) in [7, 11) is 0. The summed E-state index contributed by atoms with van der Waals surface area (Å²) < 4.78 is 11.2. The van der Waals surface area contributed by atoms with Crippen LogP contribution in [0.2, 0.25) is 0 Å². The van der Waals surface area contributed by atoms with Crippen LogP contribution in [0.3, 0.4) is 0 Å². The number of hydrogen-bond donors (Lipinski definition) is 0. The van der Waals surface area contributed by atoms with E-state index >= 15 is 0 Å². The molecule has 4 rings (SSSR count). The summed E-state index contributed by atoms with van der Waals surface area (Å²) in [5, 5.41) is 0. The topological polar surface area (TPSA) is 51.7 Å². The Morgan fingerprint density at radius 3 is 2.52 bits per heavy atom. The van der Waals surface area contributed by atoms with Gasteiger partial charge in [-0.2, -0.15) is 0 Å². The SMILES string of the molecule is O=C(c1ccc2c(c1)OCCO2)N(CCCc1ccccc1)Cc1cccnc1. The van der Waals surface area contributed by atoms with E-state index in [0.717, 1.165) is 18.4 Å². The molecule has 0 unspecified atom stereocenters. The minimum Gasteiger partial charge on any atom is -0.486 e. The summed E-state index contributed by atoms with van der Waals surface area (Å²) in [6, 6.07) is 19.6. The van der Waals surface area contributed by atoms with Crippen molar-refractivity contribution < 1.29 is 14.3 Å². The van der Waals surface area contributed by atoms with E-state index in [-0.39, 0.29) is 5.91 Å². The Bertz CT molecular complexity index is 945.